The molecular formula is C46H70N2. The average molecular weight is 651 g/mol. The van der Waals surface area contributed by atoms with Gasteiger partial charge in [-0.1, -0.05) is 154 Å². The third-order valence-corrected chi connectivity index (χ3v) is 10.2. The normalized spacial score (nSPS) is 13.5. The number of rotatable bonds is 27. The molecule has 0 unspecified atom stereocenters. The summed E-state index contributed by atoms with van der Waals surface area (Å²) in [5.41, 5.74) is 21.9. The fourth-order valence-electron chi connectivity index (χ4n) is 7.22. The van der Waals surface area contributed by atoms with Crippen molar-refractivity contribution in [2.75, 3.05) is 0 Å². The number of aryl methyl sites for hydroxylation is 2. The van der Waals surface area contributed by atoms with Crippen molar-refractivity contribution in [1.82, 2.24) is 0 Å². The first-order valence-corrected chi connectivity index (χ1v) is 20.4. The number of unbranched alkanes of at least 4 members (excludes halogenated alkanes) is 15. The van der Waals surface area contributed by atoms with Gasteiger partial charge in [-0.3, -0.25) is 0 Å². The van der Waals surface area contributed by atoms with Gasteiger partial charge in [0.1, 0.15) is 0 Å². The van der Waals surface area contributed by atoms with Crippen LogP contribution in [-0.4, -0.2) is 4.70 Å². The molecule has 1 heterocycles. The highest BCUT2D eigenvalue weighted by atomic mass is 15.2. The van der Waals surface area contributed by atoms with E-state index in [2.05, 4.69) is 88.4 Å². The molecule has 0 saturated heterocycles. The summed E-state index contributed by atoms with van der Waals surface area (Å²) in [6.45, 7) is 9.09. The molecule has 0 aromatic heterocycles. The smallest absolute Gasteiger partial charge is 0.211 e. The van der Waals surface area contributed by atoms with E-state index in [1.807, 2.05) is 0 Å². The van der Waals surface area contributed by atoms with E-state index >= 15 is 0 Å². The number of hydrogen-bond acceptors (Lipinski definition) is 0. The molecule has 0 amide bonds. The molecule has 1 aliphatic heterocycles. The summed E-state index contributed by atoms with van der Waals surface area (Å²) in [4.78, 5) is 0. The fraction of sp³-hybridized carbons (Fsp3) is 0.609. The molecule has 2 aromatic rings. The van der Waals surface area contributed by atoms with Gasteiger partial charge in [0, 0.05) is 22.3 Å². The van der Waals surface area contributed by atoms with E-state index in [9.17, 15) is 5.53 Å². The van der Waals surface area contributed by atoms with E-state index in [1.165, 1.54) is 118 Å². The predicted molar refractivity (Wildman–Crippen MR) is 211 cm³/mol. The van der Waals surface area contributed by atoms with Gasteiger partial charge in [-0.2, -0.15) is 0 Å². The minimum Gasteiger partial charge on any atom is -0.493 e. The topological polar surface area (TPSA) is 25.3 Å². The van der Waals surface area contributed by atoms with Gasteiger partial charge in [-0.05, 0) is 100.0 Å². The molecule has 1 aliphatic rings. The van der Waals surface area contributed by atoms with Crippen LogP contribution in [0.1, 0.15) is 191 Å². The maximum atomic E-state index is 12.0. The van der Waals surface area contributed by atoms with Crippen LogP contribution in [0.4, 0.5) is 0 Å². The van der Waals surface area contributed by atoms with Gasteiger partial charge < -0.3 is 5.53 Å². The molecule has 264 valence electrons. The van der Waals surface area contributed by atoms with Crippen LogP contribution in [0.3, 0.4) is 0 Å². The lowest BCUT2D eigenvalue weighted by molar-refractivity contribution is -0.345. The Morgan fingerprint density at radius 3 is 1.58 bits per heavy atom. The van der Waals surface area contributed by atoms with Crippen molar-refractivity contribution in [3.8, 4) is 0 Å². The van der Waals surface area contributed by atoms with E-state index in [0.717, 1.165) is 81.2 Å². The molecule has 48 heavy (non-hydrogen) atoms. The van der Waals surface area contributed by atoms with Crippen molar-refractivity contribution in [3.05, 3.63) is 99.6 Å². The lowest BCUT2D eigenvalue weighted by Gasteiger charge is -2.13. The van der Waals surface area contributed by atoms with Gasteiger partial charge in [0.05, 0.1) is 0 Å². The van der Waals surface area contributed by atoms with Crippen LogP contribution in [0.2, 0.25) is 0 Å². The maximum Gasteiger partial charge on any atom is 0.211 e. The molecular weight excluding hydrogens is 581 g/mol. The first-order chi connectivity index (χ1) is 23.7. The first kappa shape index (κ1) is 39.7. The third-order valence-electron chi connectivity index (χ3n) is 10.2. The van der Waals surface area contributed by atoms with E-state index in [1.54, 1.807) is 4.70 Å². The van der Waals surface area contributed by atoms with E-state index in [4.69, 9.17) is 0 Å². The molecule has 2 heteroatoms. The SMILES string of the molecule is CCCCCCCCCCCCCC=CCCCc1ccccc1C1=C(CCCC)C(CCCC)=C(c2ccc(CCCC)cc2)[N+]1=[N-]. The zero-order chi connectivity index (χ0) is 34.2. The minimum atomic E-state index is 1.01. The van der Waals surface area contributed by atoms with Crippen molar-refractivity contribution in [2.45, 2.75) is 182 Å². The van der Waals surface area contributed by atoms with Crippen molar-refractivity contribution < 1.29 is 4.70 Å². The van der Waals surface area contributed by atoms with Gasteiger partial charge in [0.2, 0.25) is 11.4 Å². The van der Waals surface area contributed by atoms with Crippen LogP contribution in [0.5, 0.6) is 0 Å². The number of benzene rings is 2. The Labute approximate surface area is 296 Å². The summed E-state index contributed by atoms with van der Waals surface area (Å²) in [6, 6.07) is 17.9. The van der Waals surface area contributed by atoms with E-state index < -0.39 is 0 Å². The van der Waals surface area contributed by atoms with Gasteiger partial charge in [0.15, 0.2) is 0 Å². The molecule has 0 bridgehead atoms. The van der Waals surface area contributed by atoms with Crippen LogP contribution in [-0.2, 0) is 12.8 Å². The van der Waals surface area contributed by atoms with Crippen LogP contribution < -0.4 is 0 Å². The highest BCUT2D eigenvalue weighted by molar-refractivity contribution is 5.82. The third kappa shape index (κ3) is 13.3. The second-order valence-corrected chi connectivity index (χ2v) is 14.3. The zero-order valence-electron chi connectivity index (χ0n) is 31.6. The standard InChI is InChI=1S/C46H70N2/c1-5-9-13-14-15-16-17-18-19-20-21-22-23-24-25-26-30-40-31-27-28-34-42(40)46-44(33-12-8-4)43(32-11-7-3)45(48(46)47)41-37-35-39(36-38-41)29-10-6-2/h23-24,27-28,31,34-38H,5-22,25-26,29-30,32-33H2,1-4H3. The monoisotopic (exact) mass is 651 g/mol. The second-order valence-electron chi connectivity index (χ2n) is 14.3. The average Bonchev–Trinajstić information content (AvgIpc) is 3.38. The Bertz CT molecular complexity index is 1280. The molecule has 0 saturated carbocycles. The van der Waals surface area contributed by atoms with Crippen LogP contribution >= 0.6 is 0 Å². The zero-order valence-corrected chi connectivity index (χ0v) is 31.6. The molecule has 0 aliphatic carbocycles. The van der Waals surface area contributed by atoms with Gasteiger partial charge in [-0.25, -0.2) is 4.70 Å². The molecule has 2 aromatic carbocycles. The van der Waals surface area contributed by atoms with E-state index in [-0.39, 0.29) is 0 Å². The van der Waals surface area contributed by atoms with Gasteiger partial charge in [0.25, 0.3) is 0 Å². The highest BCUT2D eigenvalue weighted by Gasteiger charge is 2.35. The molecule has 3 rings (SSSR count). The Morgan fingerprint density at radius 1 is 0.479 bits per heavy atom. The number of allylic oxidation sites excluding steroid dienone is 4. The van der Waals surface area contributed by atoms with Crippen LogP contribution in [0.25, 0.3) is 16.9 Å². The first-order valence-electron chi connectivity index (χ1n) is 20.4. The minimum absolute atomic E-state index is 1.01. The quantitative estimate of drug-likeness (QED) is 0.0522. The Hall–Kier alpha value is -2.74. The van der Waals surface area contributed by atoms with Crippen LogP contribution in [0.15, 0.2) is 71.8 Å². The lowest BCUT2D eigenvalue weighted by atomic mass is 9.90. The van der Waals surface area contributed by atoms with Crippen LogP contribution in [0, 0.1) is 0 Å². The summed E-state index contributed by atoms with van der Waals surface area (Å²) < 4.78 is 1.57. The summed E-state index contributed by atoms with van der Waals surface area (Å²) in [7, 11) is 0. The van der Waals surface area contributed by atoms with Gasteiger partial charge >= 0.3 is 0 Å². The lowest BCUT2D eigenvalue weighted by Crippen LogP contribution is -2.05. The largest absolute Gasteiger partial charge is 0.493 e. The molecule has 0 radical (unpaired) electrons. The molecule has 0 atom stereocenters. The Balaban J connectivity index is 1.61. The molecule has 0 N–H and O–H groups in total. The van der Waals surface area contributed by atoms with Crippen molar-refractivity contribution >= 4 is 11.4 Å². The van der Waals surface area contributed by atoms with Gasteiger partial charge in [-0.15, -0.1) is 0 Å². The van der Waals surface area contributed by atoms with Crippen molar-refractivity contribution in [2.24, 2.45) is 0 Å². The summed E-state index contributed by atoms with van der Waals surface area (Å²) >= 11 is 0. The predicted octanol–water partition coefficient (Wildman–Crippen LogP) is 15.2. The molecule has 0 fully saturated rings. The number of nitrogens with zero attached hydrogens (tertiary/aromatic N) is 2. The molecule has 0 spiro atoms. The van der Waals surface area contributed by atoms with Crippen molar-refractivity contribution in [1.29, 1.82) is 0 Å². The molecule has 2 nitrogen and oxygen atoms in total. The summed E-state index contributed by atoms with van der Waals surface area (Å²) in [5.74, 6) is 0. The highest BCUT2D eigenvalue weighted by Crippen LogP contribution is 2.45. The fourth-order valence-corrected chi connectivity index (χ4v) is 7.22. The number of hydrogen-bond donors (Lipinski definition) is 0. The Kier molecular flexibility index (Phi) is 20.2. The second kappa shape index (κ2) is 24.4. The summed E-state index contributed by atoms with van der Waals surface area (Å²) in [6.07, 6.45) is 34.9. The van der Waals surface area contributed by atoms with E-state index in [0.29, 0.717) is 0 Å². The maximum absolute atomic E-state index is 12.0. The summed E-state index contributed by atoms with van der Waals surface area (Å²) in [5, 5.41) is 0. The van der Waals surface area contributed by atoms with Crippen molar-refractivity contribution in [3.63, 3.8) is 0 Å². The Morgan fingerprint density at radius 2 is 0.979 bits per heavy atom.